The lowest BCUT2D eigenvalue weighted by Crippen LogP contribution is -2.19. The summed E-state index contributed by atoms with van der Waals surface area (Å²) in [4.78, 5) is 8.70. The lowest BCUT2D eigenvalue weighted by Gasteiger charge is -2.14. The van der Waals surface area contributed by atoms with E-state index in [0.717, 1.165) is 17.4 Å². The zero-order chi connectivity index (χ0) is 12.7. The van der Waals surface area contributed by atoms with Crippen molar-refractivity contribution in [3.63, 3.8) is 0 Å². The number of thioether (sulfide) groups is 1. The number of hydrogen-bond donors (Lipinski definition) is 2. The highest BCUT2D eigenvalue weighted by Crippen LogP contribution is 2.13. The van der Waals surface area contributed by atoms with Crippen LogP contribution in [0.25, 0.3) is 0 Å². The van der Waals surface area contributed by atoms with E-state index in [4.69, 9.17) is 4.74 Å². The number of nitrogens with one attached hydrogen (secondary N) is 2. The van der Waals surface area contributed by atoms with Crippen molar-refractivity contribution in [3.05, 3.63) is 11.9 Å². The van der Waals surface area contributed by atoms with Crippen molar-refractivity contribution in [2.75, 3.05) is 36.8 Å². The number of rotatable bonds is 7. The largest absolute Gasteiger partial charge is 0.377 e. The highest BCUT2D eigenvalue weighted by Gasteiger charge is 2.06. The molecule has 0 amide bonds. The molecule has 1 unspecified atom stereocenters. The van der Waals surface area contributed by atoms with Crippen LogP contribution in [0.4, 0.5) is 11.6 Å². The number of nitrogens with zero attached hydrogens (tertiary/aromatic N) is 2. The van der Waals surface area contributed by atoms with Gasteiger partial charge in [0.2, 0.25) is 0 Å². The second-order valence-corrected chi connectivity index (χ2v) is 4.65. The average Bonchev–Trinajstić information content (AvgIpc) is 2.29. The maximum absolute atomic E-state index is 5.05. The second-order valence-electron chi connectivity index (χ2n) is 3.74. The second kappa shape index (κ2) is 7.34. The molecule has 5 nitrogen and oxygen atoms in total. The summed E-state index contributed by atoms with van der Waals surface area (Å²) >= 11 is 1.81. The van der Waals surface area contributed by atoms with Crippen LogP contribution < -0.4 is 10.6 Å². The van der Waals surface area contributed by atoms with Crippen molar-refractivity contribution in [2.45, 2.75) is 19.6 Å². The molecule has 1 heterocycles. The normalized spacial score (nSPS) is 12.2. The van der Waals surface area contributed by atoms with Gasteiger partial charge in [0.15, 0.2) is 5.82 Å². The fourth-order valence-electron chi connectivity index (χ4n) is 1.44. The molecule has 1 aromatic rings. The molecule has 0 aliphatic carbocycles. The molecule has 0 radical (unpaired) electrons. The third kappa shape index (κ3) is 4.79. The SMILES string of the molecule is CNc1cc(NC(C)CSC)nc(COC)n1. The molecule has 0 aliphatic heterocycles. The van der Waals surface area contributed by atoms with Gasteiger partial charge in [0.05, 0.1) is 0 Å². The lowest BCUT2D eigenvalue weighted by atomic mass is 10.4. The van der Waals surface area contributed by atoms with E-state index in [-0.39, 0.29) is 0 Å². The van der Waals surface area contributed by atoms with Gasteiger partial charge in [0.25, 0.3) is 0 Å². The Labute approximate surface area is 107 Å². The summed E-state index contributed by atoms with van der Waals surface area (Å²) in [6.07, 6.45) is 2.09. The molecule has 17 heavy (non-hydrogen) atoms. The zero-order valence-electron chi connectivity index (χ0n) is 10.8. The first kappa shape index (κ1) is 14.1. The van der Waals surface area contributed by atoms with Crippen molar-refractivity contribution in [3.8, 4) is 0 Å². The predicted molar refractivity (Wildman–Crippen MR) is 73.8 cm³/mol. The minimum atomic E-state index is 0.375. The van der Waals surface area contributed by atoms with Crippen molar-refractivity contribution >= 4 is 23.4 Å². The summed E-state index contributed by atoms with van der Waals surface area (Å²) in [6.45, 7) is 2.55. The third-order valence-corrected chi connectivity index (χ3v) is 2.95. The quantitative estimate of drug-likeness (QED) is 0.776. The van der Waals surface area contributed by atoms with Crippen molar-refractivity contribution < 1.29 is 4.74 Å². The van der Waals surface area contributed by atoms with E-state index >= 15 is 0 Å². The van der Waals surface area contributed by atoms with E-state index in [1.165, 1.54) is 0 Å². The summed E-state index contributed by atoms with van der Waals surface area (Å²) < 4.78 is 5.05. The molecule has 0 fully saturated rings. The van der Waals surface area contributed by atoms with Crippen LogP contribution in [-0.2, 0) is 11.3 Å². The Morgan fingerprint density at radius 3 is 2.71 bits per heavy atom. The van der Waals surface area contributed by atoms with Gasteiger partial charge in [-0.3, -0.25) is 0 Å². The van der Waals surface area contributed by atoms with Crippen LogP contribution in [0.15, 0.2) is 6.07 Å². The van der Waals surface area contributed by atoms with Crippen molar-refractivity contribution in [1.29, 1.82) is 0 Å². The first-order valence-corrected chi connectivity index (χ1v) is 6.89. The number of ether oxygens (including phenoxy) is 1. The molecule has 0 aliphatic rings. The molecule has 0 aromatic carbocycles. The first-order chi connectivity index (χ1) is 8.19. The smallest absolute Gasteiger partial charge is 0.158 e. The van der Waals surface area contributed by atoms with Gasteiger partial charge in [-0.15, -0.1) is 0 Å². The van der Waals surface area contributed by atoms with Gasteiger partial charge in [0, 0.05) is 32.0 Å². The Kier molecular flexibility index (Phi) is 6.07. The Morgan fingerprint density at radius 2 is 2.12 bits per heavy atom. The third-order valence-electron chi connectivity index (χ3n) is 2.11. The molecule has 0 saturated carbocycles. The molecule has 0 spiro atoms. The van der Waals surface area contributed by atoms with E-state index in [1.807, 2.05) is 24.9 Å². The van der Waals surface area contributed by atoms with Gasteiger partial charge < -0.3 is 15.4 Å². The van der Waals surface area contributed by atoms with E-state index in [1.54, 1.807) is 7.11 Å². The highest BCUT2D eigenvalue weighted by atomic mass is 32.2. The van der Waals surface area contributed by atoms with E-state index in [2.05, 4.69) is 33.8 Å². The zero-order valence-corrected chi connectivity index (χ0v) is 11.6. The number of methoxy groups -OCH3 is 1. The van der Waals surface area contributed by atoms with E-state index < -0.39 is 0 Å². The first-order valence-electron chi connectivity index (χ1n) is 5.49. The van der Waals surface area contributed by atoms with E-state index in [9.17, 15) is 0 Å². The van der Waals surface area contributed by atoms with E-state index in [0.29, 0.717) is 18.5 Å². The van der Waals surface area contributed by atoms with Gasteiger partial charge in [0.1, 0.15) is 18.2 Å². The molecule has 1 atom stereocenters. The number of anilines is 2. The highest BCUT2D eigenvalue weighted by molar-refractivity contribution is 7.98. The molecule has 2 N–H and O–H groups in total. The molecule has 6 heteroatoms. The molecule has 0 bridgehead atoms. The Balaban J connectivity index is 2.79. The van der Waals surface area contributed by atoms with Crippen LogP contribution in [0.3, 0.4) is 0 Å². The summed E-state index contributed by atoms with van der Waals surface area (Å²) in [6, 6.07) is 2.27. The van der Waals surface area contributed by atoms with Gasteiger partial charge in [-0.1, -0.05) is 0 Å². The van der Waals surface area contributed by atoms with Crippen LogP contribution in [0.2, 0.25) is 0 Å². The monoisotopic (exact) mass is 256 g/mol. The Morgan fingerprint density at radius 1 is 1.41 bits per heavy atom. The molecule has 1 aromatic heterocycles. The fraction of sp³-hybridized carbons (Fsp3) is 0.636. The molecule has 96 valence electrons. The maximum Gasteiger partial charge on any atom is 0.158 e. The Bertz CT molecular complexity index is 348. The fourth-order valence-corrected chi connectivity index (χ4v) is 2.02. The summed E-state index contributed by atoms with van der Waals surface area (Å²) in [5.74, 6) is 3.35. The summed E-state index contributed by atoms with van der Waals surface area (Å²) in [7, 11) is 3.48. The predicted octanol–water partition coefficient (Wildman–Crippen LogP) is 1.83. The molecular weight excluding hydrogens is 236 g/mol. The van der Waals surface area contributed by atoms with Gasteiger partial charge in [-0.25, -0.2) is 9.97 Å². The van der Waals surface area contributed by atoms with Crippen LogP contribution in [0.5, 0.6) is 0 Å². The Hall–Kier alpha value is -1.01. The van der Waals surface area contributed by atoms with Gasteiger partial charge in [-0.05, 0) is 13.2 Å². The van der Waals surface area contributed by atoms with Crippen LogP contribution >= 0.6 is 11.8 Å². The van der Waals surface area contributed by atoms with Gasteiger partial charge >= 0.3 is 0 Å². The summed E-state index contributed by atoms with van der Waals surface area (Å²) in [5.41, 5.74) is 0. The number of hydrogen-bond acceptors (Lipinski definition) is 6. The maximum atomic E-state index is 5.05. The van der Waals surface area contributed by atoms with Crippen LogP contribution in [0, 0.1) is 0 Å². The average molecular weight is 256 g/mol. The van der Waals surface area contributed by atoms with Crippen molar-refractivity contribution in [2.24, 2.45) is 0 Å². The number of aromatic nitrogens is 2. The minimum absolute atomic E-state index is 0.375. The molecule has 0 saturated heterocycles. The topological polar surface area (TPSA) is 59.1 Å². The minimum Gasteiger partial charge on any atom is -0.377 e. The standard InChI is InChI=1S/C11H20N4OS/c1-8(7-17-4)13-10-5-9(12-2)14-11(15-10)6-16-3/h5,8H,6-7H2,1-4H3,(H2,12,13,14,15). The van der Waals surface area contributed by atoms with Crippen LogP contribution in [-0.4, -0.2) is 42.2 Å². The van der Waals surface area contributed by atoms with Crippen LogP contribution in [0.1, 0.15) is 12.7 Å². The molecule has 1 rings (SSSR count). The lowest BCUT2D eigenvalue weighted by molar-refractivity contribution is 0.178. The van der Waals surface area contributed by atoms with Crippen molar-refractivity contribution in [1.82, 2.24) is 9.97 Å². The summed E-state index contributed by atoms with van der Waals surface area (Å²) in [5, 5.41) is 6.37. The molecular formula is C11H20N4OS. The van der Waals surface area contributed by atoms with Gasteiger partial charge in [-0.2, -0.15) is 11.8 Å².